The summed E-state index contributed by atoms with van der Waals surface area (Å²) in [6, 6.07) is 0.0427. The Morgan fingerprint density at radius 1 is 0.902 bits per heavy atom. The summed E-state index contributed by atoms with van der Waals surface area (Å²) in [4.78, 5) is 85.7. The number of esters is 6. The highest BCUT2D eigenvalue weighted by atomic mass is 16.8. The van der Waals surface area contributed by atoms with Crippen molar-refractivity contribution in [2.45, 2.75) is 83.9 Å². The van der Waals surface area contributed by atoms with Gasteiger partial charge in [0.25, 0.3) is 0 Å². The van der Waals surface area contributed by atoms with Crippen LogP contribution in [0.4, 0.5) is 0 Å². The fourth-order valence-electron chi connectivity index (χ4n) is 4.06. The number of hydrogen-bond acceptors (Lipinski definition) is 16. The summed E-state index contributed by atoms with van der Waals surface area (Å²) >= 11 is 0. The maximum Gasteiger partial charge on any atom is 0.382 e. The standard InChI is InChI=1S/C24H32N2O15/c1-11(27)26-18-20(19(38-14(4)30)17(37-13(3)29)10-36-12(2)28)41-24(23(33)34-7,40-16(6)32)22(35-9-8-25)21(18)39-15(5)31/h17-22H,9-10H2,1-7H3,(H,26,27)/t17-,18+,19-,20-,21-,22+,24-/m1/s1. The topological polar surface area (TPSA) is 229 Å². The molecule has 17 nitrogen and oxygen atoms in total. The smallest absolute Gasteiger partial charge is 0.382 e. The molecule has 0 spiro atoms. The van der Waals surface area contributed by atoms with Crippen LogP contribution in [0.3, 0.4) is 0 Å². The number of nitrogens with zero attached hydrogens (tertiary/aromatic N) is 1. The lowest BCUT2D eigenvalue weighted by atomic mass is 9.85. The van der Waals surface area contributed by atoms with Crippen LogP contribution in [-0.2, 0) is 71.5 Å². The van der Waals surface area contributed by atoms with Crippen molar-refractivity contribution in [1.82, 2.24) is 5.32 Å². The van der Waals surface area contributed by atoms with Crippen molar-refractivity contribution in [2.75, 3.05) is 20.3 Å². The van der Waals surface area contributed by atoms with Crippen molar-refractivity contribution in [1.29, 1.82) is 5.26 Å². The van der Waals surface area contributed by atoms with E-state index in [9.17, 15) is 33.6 Å². The number of hydrogen-bond donors (Lipinski definition) is 1. The molecule has 0 aromatic carbocycles. The van der Waals surface area contributed by atoms with Crippen LogP contribution in [0.2, 0.25) is 0 Å². The van der Waals surface area contributed by atoms with E-state index in [1.54, 1.807) is 6.07 Å². The Labute approximate surface area is 234 Å². The van der Waals surface area contributed by atoms with Crippen LogP contribution in [-0.4, -0.2) is 104 Å². The minimum atomic E-state index is -2.95. The second-order valence-electron chi connectivity index (χ2n) is 8.55. The number of ether oxygens (including phenoxy) is 8. The third kappa shape index (κ3) is 9.69. The number of amides is 1. The van der Waals surface area contributed by atoms with Crippen LogP contribution in [0.15, 0.2) is 0 Å². The lowest BCUT2D eigenvalue weighted by Crippen LogP contribution is -2.76. The molecule has 0 saturated carbocycles. The van der Waals surface area contributed by atoms with Gasteiger partial charge in [-0.05, 0) is 0 Å². The zero-order valence-corrected chi connectivity index (χ0v) is 23.4. The fourth-order valence-corrected chi connectivity index (χ4v) is 4.06. The number of carbonyl (C=O) groups excluding carboxylic acids is 7. The lowest BCUT2D eigenvalue weighted by Gasteiger charge is -2.51. The maximum atomic E-state index is 13.2. The lowest BCUT2D eigenvalue weighted by molar-refractivity contribution is -0.342. The molecule has 1 aliphatic heterocycles. The van der Waals surface area contributed by atoms with Crippen LogP contribution in [0, 0.1) is 11.3 Å². The Kier molecular flexibility index (Phi) is 13.1. The molecule has 228 valence electrons. The molecular weight excluding hydrogens is 556 g/mol. The summed E-state index contributed by atoms with van der Waals surface area (Å²) < 4.78 is 42.4. The van der Waals surface area contributed by atoms with Gasteiger partial charge in [-0.3, -0.25) is 28.8 Å². The minimum absolute atomic E-state index is 0.717. The molecule has 17 heteroatoms. The zero-order valence-electron chi connectivity index (χ0n) is 23.4. The molecule has 1 fully saturated rings. The molecule has 1 rings (SSSR count). The van der Waals surface area contributed by atoms with Crippen LogP contribution in [0.1, 0.15) is 41.5 Å². The molecule has 1 amide bonds. The molecule has 0 aliphatic carbocycles. The minimum Gasteiger partial charge on any atom is -0.464 e. The monoisotopic (exact) mass is 588 g/mol. The van der Waals surface area contributed by atoms with Gasteiger partial charge in [0.1, 0.15) is 19.3 Å². The fraction of sp³-hybridized carbons (Fsp3) is 0.667. The van der Waals surface area contributed by atoms with Gasteiger partial charge in [0.15, 0.2) is 24.4 Å². The van der Waals surface area contributed by atoms with Gasteiger partial charge in [-0.1, -0.05) is 0 Å². The van der Waals surface area contributed by atoms with E-state index in [1.165, 1.54) is 0 Å². The Balaban J connectivity index is 4.09. The van der Waals surface area contributed by atoms with Crippen molar-refractivity contribution in [3.8, 4) is 6.07 Å². The number of methoxy groups -OCH3 is 1. The van der Waals surface area contributed by atoms with Crippen LogP contribution in [0.5, 0.6) is 0 Å². The maximum absolute atomic E-state index is 13.2. The highest BCUT2D eigenvalue weighted by molar-refractivity contribution is 5.83. The molecular formula is C24H32N2O15. The van der Waals surface area contributed by atoms with E-state index in [0.717, 1.165) is 48.7 Å². The molecule has 1 aliphatic rings. The second-order valence-corrected chi connectivity index (χ2v) is 8.55. The SMILES string of the molecule is COC(=O)[C@]1(OC(C)=O)O[C@@H]([C@H](OC(C)=O)[C@@H](COC(C)=O)OC(C)=O)[C@H](NC(C)=O)[C@@H](OC(C)=O)[C@@H]1OCC#N. The van der Waals surface area contributed by atoms with E-state index in [-0.39, 0.29) is 0 Å². The Bertz CT molecular complexity index is 1070. The quantitative estimate of drug-likeness (QED) is 0.204. The summed E-state index contributed by atoms with van der Waals surface area (Å²) in [6.07, 6.45) is -9.10. The van der Waals surface area contributed by atoms with Crippen molar-refractivity contribution in [3.05, 3.63) is 0 Å². The number of nitriles is 1. The molecule has 1 saturated heterocycles. The average molecular weight is 589 g/mol. The Morgan fingerprint density at radius 3 is 1.95 bits per heavy atom. The summed E-state index contributed by atoms with van der Waals surface area (Å²) in [5.41, 5.74) is 0. The molecule has 0 aromatic heterocycles. The van der Waals surface area contributed by atoms with Gasteiger partial charge in [0.05, 0.1) is 19.2 Å². The van der Waals surface area contributed by atoms with E-state index in [1.807, 2.05) is 0 Å². The summed E-state index contributed by atoms with van der Waals surface area (Å²) in [5.74, 6) is -10.0. The second kappa shape index (κ2) is 15.5. The van der Waals surface area contributed by atoms with Gasteiger partial charge < -0.3 is 43.2 Å². The summed E-state index contributed by atoms with van der Waals surface area (Å²) in [6.45, 7) is 4.42. The third-order valence-electron chi connectivity index (χ3n) is 5.22. The number of rotatable bonds is 12. The first-order valence-corrected chi connectivity index (χ1v) is 12.0. The van der Waals surface area contributed by atoms with Gasteiger partial charge in [-0.2, -0.15) is 5.26 Å². The van der Waals surface area contributed by atoms with Gasteiger partial charge in [-0.25, -0.2) is 4.79 Å². The van der Waals surface area contributed by atoms with Crippen LogP contribution in [0.25, 0.3) is 0 Å². The van der Waals surface area contributed by atoms with Gasteiger partial charge in [0.2, 0.25) is 5.91 Å². The molecule has 41 heavy (non-hydrogen) atoms. The molecule has 0 unspecified atom stereocenters. The van der Waals surface area contributed by atoms with E-state index >= 15 is 0 Å². The third-order valence-corrected chi connectivity index (χ3v) is 5.22. The van der Waals surface area contributed by atoms with E-state index in [0.29, 0.717) is 0 Å². The van der Waals surface area contributed by atoms with Gasteiger partial charge in [0, 0.05) is 41.5 Å². The largest absolute Gasteiger partial charge is 0.464 e. The Morgan fingerprint density at radius 2 is 1.51 bits per heavy atom. The molecule has 7 atom stereocenters. The first-order valence-electron chi connectivity index (χ1n) is 12.0. The van der Waals surface area contributed by atoms with Crippen LogP contribution >= 0.6 is 0 Å². The van der Waals surface area contributed by atoms with Gasteiger partial charge in [-0.15, -0.1) is 0 Å². The molecule has 0 bridgehead atoms. The van der Waals surface area contributed by atoms with Crippen LogP contribution < -0.4 is 5.32 Å². The van der Waals surface area contributed by atoms with E-state index in [4.69, 9.17) is 43.2 Å². The van der Waals surface area contributed by atoms with Gasteiger partial charge >= 0.3 is 41.6 Å². The van der Waals surface area contributed by atoms with Crippen molar-refractivity contribution in [2.24, 2.45) is 0 Å². The van der Waals surface area contributed by atoms with E-state index < -0.39 is 97.3 Å². The van der Waals surface area contributed by atoms with Crippen molar-refractivity contribution in [3.63, 3.8) is 0 Å². The molecule has 1 N–H and O–H groups in total. The normalized spacial score (nSPS) is 24.7. The number of nitrogens with one attached hydrogen (secondary N) is 1. The predicted molar refractivity (Wildman–Crippen MR) is 128 cm³/mol. The van der Waals surface area contributed by atoms with Crippen molar-refractivity contribution >= 4 is 41.7 Å². The average Bonchev–Trinajstić information content (AvgIpc) is 2.84. The molecule has 0 radical (unpaired) electrons. The van der Waals surface area contributed by atoms with E-state index in [2.05, 4.69) is 5.32 Å². The zero-order chi connectivity index (χ0) is 31.5. The predicted octanol–water partition coefficient (Wildman–Crippen LogP) is -1.41. The number of carbonyl (C=O) groups is 7. The van der Waals surface area contributed by atoms with Crippen molar-refractivity contribution < 1.29 is 71.5 Å². The highest BCUT2D eigenvalue weighted by Gasteiger charge is 2.67. The Hall–Kier alpha value is -4.30. The summed E-state index contributed by atoms with van der Waals surface area (Å²) in [5, 5.41) is 11.6. The highest BCUT2D eigenvalue weighted by Crippen LogP contribution is 2.39. The molecule has 0 aromatic rings. The first-order chi connectivity index (χ1) is 19.1. The molecule has 1 heterocycles. The first kappa shape index (κ1) is 34.7. The summed E-state index contributed by atoms with van der Waals surface area (Å²) in [7, 11) is 0.889.